The molecule has 38 heavy (non-hydrogen) atoms. The molecule has 0 fully saturated rings. The summed E-state index contributed by atoms with van der Waals surface area (Å²) in [5.41, 5.74) is 2.11. The molecule has 1 aromatic carbocycles. The average molecular weight is 559 g/mol. The number of imidazole rings is 1. The summed E-state index contributed by atoms with van der Waals surface area (Å²) >= 11 is 6.15. The number of fused-ring (bicyclic) bond motifs is 3. The molecule has 4 heterocycles. The number of carbonyl (C=O) groups is 1. The van der Waals surface area contributed by atoms with Crippen LogP contribution in [-0.2, 0) is 34.2 Å². The average Bonchev–Trinajstić information content (AvgIpc) is 3.25. The van der Waals surface area contributed by atoms with E-state index in [1.54, 1.807) is 11.0 Å². The van der Waals surface area contributed by atoms with E-state index in [-0.39, 0.29) is 27.8 Å². The fourth-order valence-corrected chi connectivity index (χ4v) is 5.66. The van der Waals surface area contributed by atoms with E-state index in [0.29, 0.717) is 13.0 Å². The van der Waals surface area contributed by atoms with Gasteiger partial charge >= 0.3 is 0 Å². The van der Waals surface area contributed by atoms with Crippen LogP contribution in [0.1, 0.15) is 47.2 Å². The molecule has 3 aromatic rings. The van der Waals surface area contributed by atoms with E-state index in [1.807, 2.05) is 6.07 Å². The maximum absolute atomic E-state index is 15.3. The third-order valence-electron chi connectivity index (χ3n) is 6.55. The molecule has 2 aromatic heterocycles. The quantitative estimate of drug-likeness (QED) is 0.460. The highest BCUT2D eigenvalue weighted by Crippen LogP contribution is 2.38. The lowest BCUT2D eigenvalue weighted by atomic mass is 9.93. The summed E-state index contributed by atoms with van der Waals surface area (Å²) in [6.45, 7) is 0.643. The Morgan fingerprint density at radius 2 is 2.05 bits per heavy atom. The SMILES string of the molecule is CS(=O)(=O)Nc1ccc(OCC(=O)N2CCc3nc4n(c3C2c2ccc(C#N)cc2F)CCCC4)c(Cl)n1. The largest absolute Gasteiger partial charge is 0.481 e. The van der Waals surface area contributed by atoms with Gasteiger partial charge in [0.1, 0.15) is 23.5 Å². The lowest BCUT2D eigenvalue weighted by molar-refractivity contribution is -0.135. The fourth-order valence-electron chi connectivity index (χ4n) is 4.95. The summed E-state index contributed by atoms with van der Waals surface area (Å²) in [6.07, 6.45) is 4.31. The maximum atomic E-state index is 15.3. The van der Waals surface area contributed by atoms with Gasteiger partial charge in [-0.25, -0.2) is 22.8 Å². The van der Waals surface area contributed by atoms with Crippen LogP contribution in [0.5, 0.6) is 5.75 Å². The van der Waals surface area contributed by atoms with Gasteiger partial charge in [-0.05, 0) is 37.1 Å². The molecule has 13 heteroatoms. The van der Waals surface area contributed by atoms with E-state index in [2.05, 4.69) is 14.3 Å². The Balaban J connectivity index is 1.44. The topological polar surface area (TPSA) is 130 Å². The van der Waals surface area contributed by atoms with Gasteiger partial charge in [-0.15, -0.1) is 0 Å². The summed E-state index contributed by atoms with van der Waals surface area (Å²) in [5.74, 6) is 0.0751. The zero-order valence-electron chi connectivity index (χ0n) is 20.4. The number of amides is 1. The Bertz CT molecular complexity index is 1570. The van der Waals surface area contributed by atoms with E-state index >= 15 is 4.39 Å². The second-order valence-corrected chi connectivity index (χ2v) is 11.3. The van der Waals surface area contributed by atoms with Crippen molar-refractivity contribution in [2.75, 3.05) is 24.1 Å². The van der Waals surface area contributed by atoms with Crippen molar-refractivity contribution in [1.29, 1.82) is 5.26 Å². The summed E-state index contributed by atoms with van der Waals surface area (Å²) in [6, 6.07) is 8.24. The molecular weight excluding hydrogens is 535 g/mol. The number of nitrogens with zero attached hydrogens (tertiary/aromatic N) is 5. The molecule has 2 aliphatic rings. The highest BCUT2D eigenvalue weighted by atomic mass is 35.5. The summed E-state index contributed by atoms with van der Waals surface area (Å²) in [4.78, 5) is 23.8. The van der Waals surface area contributed by atoms with E-state index < -0.39 is 34.4 Å². The number of aromatic nitrogens is 3. The van der Waals surface area contributed by atoms with Crippen LogP contribution >= 0.6 is 11.6 Å². The molecule has 1 unspecified atom stereocenters. The van der Waals surface area contributed by atoms with Crippen molar-refractivity contribution in [3.05, 3.63) is 69.6 Å². The van der Waals surface area contributed by atoms with Crippen LogP contribution in [0.15, 0.2) is 30.3 Å². The predicted octanol–water partition coefficient (Wildman–Crippen LogP) is 3.20. The van der Waals surface area contributed by atoms with Crippen molar-refractivity contribution < 1.29 is 22.3 Å². The number of hydrogen-bond acceptors (Lipinski definition) is 7. The minimum atomic E-state index is -3.54. The number of rotatable bonds is 6. The van der Waals surface area contributed by atoms with Crippen LogP contribution in [0.25, 0.3) is 0 Å². The van der Waals surface area contributed by atoms with Gasteiger partial charge in [0.25, 0.3) is 5.91 Å². The number of pyridine rings is 1. The number of hydrogen-bond donors (Lipinski definition) is 1. The first-order valence-electron chi connectivity index (χ1n) is 12.0. The molecule has 0 saturated heterocycles. The Morgan fingerprint density at radius 1 is 1.24 bits per heavy atom. The van der Waals surface area contributed by atoms with Crippen molar-refractivity contribution >= 4 is 33.3 Å². The second kappa shape index (κ2) is 10.2. The highest BCUT2D eigenvalue weighted by Gasteiger charge is 2.38. The van der Waals surface area contributed by atoms with E-state index in [4.69, 9.17) is 21.3 Å². The molecule has 5 rings (SSSR count). The van der Waals surface area contributed by atoms with Crippen LogP contribution in [-0.4, -0.2) is 53.2 Å². The molecule has 0 radical (unpaired) electrons. The van der Waals surface area contributed by atoms with Gasteiger partial charge in [0, 0.05) is 31.5 Å². The van der Waals surface area contributed by atoms with Gasteiger partial charge in [-0.2, -0.15) is 5.26 Å². The van der Waals surface area contributed by atoms with Gasteiger partial charge in [0.15, 0.2) is 17.5 Å². The first-order valence-corrected chi connectivity index (χ1v) is 14.3. The Kier molecular flexibility index (Phi) is 6.98. The summed E-state index contributed by atoms with van der Waals surface area (Å²) in [5, 5.41) is 9.08. The number of anilines is 1. The number of ether oxygens (including phenoxy) is 1. The van der Waals surface area contributed by atoms with Crippen LogP contribution in [0.2, 0.25) is 5.15 Å². The van der Waals surface area contributed by atoms with E-state index in [1.165, 1.54) is 24.3 Å². The molecule has 1 N–H and O–H groups in total. The van der Waals surface area contributed by atoms with Gasteiger partial charge in [0.2, 0.25) is 10.0 Å². The number of sulfonamides is 1. The van der Waals surface area contributed by atoms with Crippen LogP contribution in [0, 0.1) is 17.1 Å². The molecule has 10 nitrogen and oxygen atoms in total. The van der Waals surface area contributed by atoms with Crippen LogP contribution < -0.4 is 9.46 Å². The molecule has 0 aliphatic carbocycles. The Morgan fingerprint density at radius 3 is 2.76 bits per heavy atom. The first kappa shape index (κ1) is 25.9. The van der Waals surface area contributed by atoms with Gasteiger partial charge in [0.05, 0.1) is 29.3 Å². The zero-order chi connectivity index (χ0) is 27.0. The van der Waals surface area contributed by atoms with Crippen molar-refractivity contribution in [2.45, 2.75) is 38.3 Å². The lowest BCUT2D eigenvalue weighted by Crippen LogP contribution is -2.44. The number of carbonyl (C=O) groups excluding carboxylic acids is 1. The number of nitriles is 1. The monoisotopic (exact) mass is 558 g/mol. The van der Waals surface area contributed by atoms with Crippen molar-refractivity contribution in [1.82, 2.24) is 19.4 Å². The van der Waals surface area contributed by atoms with E-state index in [9.17, 15) is 18.5 Å². The molecule has 1 atom stereocenters. The van der Waals surface area contributed by atoms with Crippen molar-refractivity contribution in [3.63, 3.8) is 0 Å². The third-order valence-corrected chi connectivity index (χ3v) is 7.41. The highest BCUT2D eigenvalue weighted by molar-refractivity contribution is 7.92. The molecule has 0 bridgehead atoms. The van der Waals surface area contributed by atoms with E-state index in [0.717, 1.165) is 49.3 Å². The van der Waals surface area contributed by atoms with Crippen molar-refractivity contribution in [2.24, 2.45) is 0 Å². The molecule has 0 spiro atoms. The normalized spacial score (nSPS) is 16.8. The lowest BCUT2D eigenvalue weighted by Gasteiger charge is -2.37. The predicted molar refractivity (Wildman–Crippen MR) is 137 cm³/mol. The summed E-state index contributed by atoms with van der Waals surface area (Å²) in [7, 11) is -3.54. The number of halogens is 2. The smallest absolute Gasteiger partial charge is 0.261 e. The fraction of sp³-hybridized carbons (Fsp3) is 0.360. The number of aryl methyl sites for hydroxylation is 1. The molecule has 1 amide bonds. The standard InChI is InChI=1S/C25H24ClFN6O4S/c1-38(35,36)31-20-8-7-19(25(26)30-20)37-14-22(34)33-11-9-18-24(32-10-3-2-4-21(32)29-18)23(33)16-6-5-15(13-28)12-17(16)27/h5-8,12,23H,2-4,9-11,14H2,1H3,(H,30,31). The molecule has 198 valence electrons. The van der Waals surface area contributed by atoms with Crippen LogP contribution in [0.3, 0.4) is 0 Å². The van der Waals surface area contributed by atoms with Crippen LogP contribution in [0.4, 0.5) is 10.2 Å². The number of benzene rings is 1. The molecule has 2 aliphatic heterocycles. The first-order chi connectivity index (χ1) is 18.1. The van der Waals surface area contributed by atoms with Gasteiger partial charge < -0.3 is 14.2 Å². The second-order valence-electron chi connectivity index (χ2n) is 9.20. The maximum Gasteiger partial charge on any atom is 0.261 e. The third kappa shape index (κ3) is 5.16. The van der Waals surface area contributed by atoms with Gasteiger partial charge in [-0.3, -0.25) is 9.52 Å². The molecular formula is C25H24ClFN6O4S. The Hall–Kier alpha value is -3.69. The minimum absolute atomic E-state index is 0.0154. The number of nitrogens with one attached hydrogen (secondary N) is 1. The van der Waals surface area contributed by atoms with Gasteiger partial charge in [-0.1, -0.05) is 17.7 Å². The zero-order valence-corrected chi connectivity index (χ0v) is 22.0. The Labute approximate surface area is 224 Å². The summed E-state index contributed by atoms with van der Waals surface area (Å²) < 4.78 is 48.1. The van der Waals surface area contributed by atoms with Crippen molar-refractivity contribution in [3.8, 4) is 11.8 Å². The minimum Gasteiger partial charge on any atom is -0.481 e. The molecule has 0 saturated carbocycles.